The molecule has 0 spiro atoms. The Hall–Kier alpha value is -0.940. The molecule has 1 aliphatic heterocycles. The molecule has 2 heterocycles. The van der Waals surface area contributed by atoms with Gasteiger partial charge in [0, 0.05) is 16.9 Å². The SMILES string of the molecule is O=C(c1cncc(Br)c1)N1CCCO1. The number of carbonyl (C=O) groups excluding carboxylic acids is 1. The molecule has 14 heavy (non-hydrogen) atoms. The summed E-state index contributed by atoms with van der Waals surface area (Å²) in [6.07, 6.45) is 4.07. The van der Waals surface area contributed by atoms with Gasteiger partial charge in [0.2, 0.25) is 0 Å². The number of halogens is 1. The van der Waals surface area contributed by atoms with Gasteiger partial charge in [-0.25, -0.2) is 5.06 Å². The van der Waals surface area contributed by atoms with E-state index >= 15 is 0 Å². The van der Waals surface area contributed by atoms with Crippen molar-refractivity contribution in [3.63, 3.8) is 0 Å². The molecule has 2 rings (SSSR count). The van der Waals surface area contributed by atoms with Gasteiger partial charge in [0.15, 0.2) is 0 Å². The predicted molar refractivity (Wildman–Crippen MR) is 53.5 cm³/mol. The molecule has 1 aromatic heterocycles. The largest absolute Gasteiger partial charge is 0.279 e. The van der Waals surface area contributed by atoms with E-state index in [2.05, 4.69) is 20.9 Å². The Balaban J connectivity index is 2.17. The zero-order valence-electron chi connectivity index (χ0n) is 7.44. The maximum absolute atomic E-state index is 11.7. The van der Waals surface area contributed by atoms with Crippen LogP contribution in [0.3, 0.4) is 0 Å². The first-order chi connectivity index (χ1) is 6.77. The van der Waals surface area contributed by atoms with Crippen LogP contribution in [0.4, 0.5) is 0 Å². The highest BCUT2D eigenvalue weighted by Crippen LogP contribution is 2.14. The maximum atomic E-state index is 11.7. The summed E-state index contributed by atoms with van der Waals surface area (Å²) in [6, 6.07) is 1.73. The molecule has 0 aliphatic carbocycles. The van der Waals surface area contributed by atoms with Gasteiger partial charge in [0.05, 0.1) is 18.7 Å². The lowest BCUT2D eigenvalue weighted by Crippen LogP contribution is -2.26. The third kappa shape index (κ3) is 1.93. The van der Waals surface area contributed by atoms with E-state index in [1.165, 1.54) is 11.3 Å². The van der Waals surface area contributed by atoms with Gasteiger partial charge in [-0.3, -0.25) is 14.6 Å². The van der Waals surface area contributed by atoms with Crippen LogP contribution in [-0.2, 0) is 4.84 Å². The summed E-state index contributed by atoms with van der Waals surface area (Å²) in [7, 11) is 0. The van der Waals surface area contributed by atoms with Crippen LogP contribution in [0.5, 0.6) is 0 Å². The number of hydroxylamine groups is 2. The van der Waals surface area contributed by atoms with Gasteiger partial charge in [0.1, 0.15) is 0 Å². The second kappa shape index (κ2) is 4.06. The summed E-state index contributed by atoms with van der Waals surface area (Å²) in [6.45, 7) is 1.28. The highest BCUT2D eigenvalue weighted by molar-refractivity contribution is 9.10. The van der Waals surface area contributed by atoms with Crippen LogP contribution in [0.25, 0.3) is 0 Å². The third-order valence-electron chi connectivity index (χ3n) is 1.93. The van der Waals surface area contributed by atoms with Crippen LogP contribution >= 0.6 is 15.9 Å². The number of pyridine rings is 1. The second-order valence-electron chi connectivity index (χ2n) is 2.99. The van der Waals surface area contributed by atoms with E-state index in [0.717, 1.165) is 10.9 Å². The number of hydrogen-bond acceptors (Lipinski definition) is 3. The lowest BCUT2D eigenvalue weighted by molar-refractivity contribution is -0.0768. The molecule has 0 bridgehead atoms. The molecule has 0 N–H and O–H groups in total. The Kier molecular flexibility index (Phi) is 2.79. The molecule has 1 aliphatic rings. The Labute approximate surface area is 90.0 Å². The van der Waals surface area contributed by atoms with Gasteiger partial charge in [0.25, 0.3) is 5.91 Å². The molecule has 5 heteroatoms. The number of amides is 1. The Morgan fingerprint density at radius 3 is 3.07 bits per heavy atom. The fourth-order valence-electron chi connectivity index (χ4n) is 1.28. The van der Waals surface area contributed by atoms with Crippen molar-refractivity contribution in [1.29, 1.82) is 0 Å². The highest BCUT2D eigenvalue weighted by Gasteiger charge is 2.20. The molecule has 0 saturated carbocycles. The summed E-state index contributed by atoms with van der Waals surface area (Å²) in [4.78, 5) is 20.8. The van der Waals surface area contributed by atoms with E-state index < -0.39 is 0 Å². The first kappa shape index (κ1) is 9.61. The summed E-state index contributed by atoms with van der Waals surface area (Å²) in [5.41, 5.74) is 0.543. The molecule has 4 nitrogen and oxygen atoms in total. The van der Waals surface area contributed by atoms with E-state index in [-0.39, 0.29) is 5.91 Å². The van der Waals surface area contributed by atoms with E-state index in [0.29, 0.717) is 18.7 Å². The fourth-order valence-corrected chi connectivity index (χ4v) is 1.65. The third-order valence-corrected chi connectivity index (χ3v) is 2.36. The predicted octanol–water partition coefficient (Wildman–Crippen LogP) is 1.62. The van der Waals surface area contributed by atoms with Crippen molar-refractivity contribution in [3.05, 3.63) is 28.5 Å². The first-order valence-corrected chi connectivity index (χ1v) is 5.12. The molecule has 0 aromatic carbocycles. The molecular formula is C9H9BrN2O2. The maximum Gasteiger partial charge on any atom is 0.279 e. The molecule has 0 atom stereocenters. The van der Waals surface area contributed by atoms with Gasteiger partial charge in [-0.15, -0.1) is 0 Å². The second-order valence-corrected chi connectivity index (χ2v) is 3.90. The Bertz CT molecular complexity index is 350. The lowest BCUT2D eigenvalue weighted by Gasteiger charge is -2.13. The van der Waals surface area contributed by atoms with Crippen LogP contribution < -0.4 is 0 Å². The fraction of sp³-hybridized carbons (Fsp3) is 0.333. The molecule has 1 fully saturated rings. The molecular weight excluding hydrogens is 248 g/mol. The van der Waals surface area contributed by atoms with Gasteiger partial charge in [-0.05, 0) is 28.4 Å². The zero-order valence-corrected chi connectivity index (χ0v) is 9.03. The number of hydrogen-bond donors (Lipinski definition) is 0. The van der Waals surface area contributed by atoms with E-state index in [1.807, 2.05) is 0 Å². The van der Waals surface area contributed by atoms with Crippen LogP contribution in [0.1, 0.15) is 16.8 Å². The summed E-state index contributed by atoms with van der Waals surface area (Å²) in [5.74, 6) is -0.128. The van der Waals surface area contributed by atoms with Crippen LogP contribution in [-0.4, -0.2) is 29.1 Å². The van der Waals surface area contributed by atoms with Crippen molar-refractivity contribution in [3.8, 4) is 0 Å². The van der Waals surface area contributed by atoms with Crippen molar-refractivity contribution < 1.29 is 9.63 Å². The van der Waals surface area contributed by atoms with Crippen LogP contribution in [0.2, 0.25) is 0 Å². The first-order valence-electron chi connectivity index (χ1n) is 4.33. The standard InChI is InChI=1S/C9H9BrN2O2/c10-8-4-7(5-11-6-8)9(13)12-2-1-3-14-12/h4-6H,1-3H2. The molecule has 0 radical (unpaired) electrons. The molecule has 0 unspecified atom stereocenters. The minimum absolute atomic E-state index is 0.128. The molecule has 74 valence electrons. The number of nitrogens with zero attached hydrogens (tertiary/aromatic N) is 2. The normalized spacial score (nSPS) is 15.9. The number of carbonyl (C=O) groups is 1. The van der Waals surface area contributed by atoms with Crippen molar-refractivity contribution in [1.82, 2.24) is 10.0 Å². The number of aromatic nitrogens is 1. The van der Waals surface area contributed by atoms with Crippen molar-refractivity contribution in [2.45, 2.75) is 6.42 Å². The average Bonchev–Trinajstić information content (AvgIpc) is 2.69. The molecule has 1 saturated heterocycles. The van der Waals surface area contributed by atoms with E-state index in [1.54, 1.807) is 12.3 Å². The summed E-state index contributed by atoms with van der Waals surface area (Å²) < 4.78 is 0.794. The minimum atomic E-state index is -0.128. The Morgan fingerprint density at radius 1 is 1.57 bits per heavy atom. The summed E-state index contributed by atoms with van der Waals surface area (Å²) in [5, 5.41) is 1.38. The quantitative estimate of drug-likeness (QED) is 0.767. The Morgan fingerprint density at radius 2 is 2.43 bits per heavy atom. The highest BCUT2D eigenvalue weighted by atomic mass is 79.9. The lowest BCUT2D eigenvalue weighted by atomic mass is 10.2. The number of rotatable bonds is 1. The molecule has 1 aromatic rings. The van der Waals surface area contributed by atoms with Crippen LogP contribution in [0.15, 0.2) is 22.9 Å². The smallest absolute Gasteiger partial charge is 0.271 e. The van der Waals surface area contributed by atoms with Gasteiger partial charge in [-0.2, -0.15) is 0 Å². The van der Waals surface area contributed by atoms with Crippen molar-refractivity contribution in [2.75, 3.05) is 13.2 Å². The minimum Gasteiger partial charge on any atom is -0.271 e. The topological polar surface area (TPSA) is 42.4 Å². The van der Waals surface area contributed by atoms with Gasteiger partial charge < -0.3 is 0 Å². The van der Waals surface area contributed by atoms with Crippen molar-refractivity contribution >= 4 is 21.8 Å². The zero-order chi connectivity index (χ0) is 9.97. The monoisotopic (exact) mass is 256 g/mol. The van der Waals surface area contributed by atoms with Crippen molar-refractivity contribution in [2.24, 2.45) is 0 Å². The van der Waals surface area contributed by atoms with Crippen LogP contribution in [0, 0.1) is 0 Å². The van der Waals surface area contributed by atoms with Gasteiger partial charge in [-0.1, -0.05) is 0 Å². The average molecular weight is 257 g/mol. The van der Waals surface area contributed by atoms with E-state index in [9.17, 15) is 4.79 Å². The van der Waals surface area contributed by atoms with E-state index in [4.69, 9.17) is 4.84 Å². The van der Waals surface area contributed by atoms with Gasteiger partial charge >= 0.3 is 0 Å². The summed E-state index contributed by atoms with van der Waals surface area (Å²) >= 11 is 3.26. The molecule has 1 amide bonds.